The number of carbonyl (C=O) groups is 1. The van der Waals surface area contributed by atoms with Gasteiger partial charge in [-0.3, -0.25) is 10.1 Å². The van der Waals surface area contributed by atoms with E-state index in [1.807, 2.05) is 30.3 Å². The molecule has 0 radical (unpaired) electrons. The summed E-state index contributed by atoms with van der Waals surface area (Å²) < 4.78 is 5.46. The molecule has 3 aromatic heterocycles. The molecule has 0 spiro atoms. The monoisotopic (exact) mass is 498 g/mol. The zero-order valence-electron chi connectivity index (χ0n) is 18.2. The van der Waals surface area contributed by atoms with Crippen molar-refractivity contribution in [1.82, 2.24) is 19.9 Å². The SMILES string of the molecule is [C-]#[N+]c1cc(-c2ccccc2OC)c(C(=O)Nc2nc3ncc(-c4ccc(Cl)cc4)nc3s2)cn1. The Hall–Kier alpha value is -4.39. The summed E-state index contributed by atoms with van der Waals surface area (Å²) in [5, 5.41) is 3.79. The summed E-state index contributed by atoms with van der Waals surface area (Å²) in [4.78, 5) is 34.7. The number of nitrogens with one attached hydrogen (secondary N) is 1. The lowest BCUT2D eigenvalue weighted by Crippen LogP contribution is -2.13. The van der Waals surface area contributed by atoms with Crippen molar-refractivity contribution in [3.63, 3.8) is 0 Å². The number of aromatic nitrogens is 4. The van der Waals surface area contributed by atoms with Gasteiger partial charge >= 0.3 is 0 Å². The average molecular weight is 499 g/mol. The smallest absolute Gasteiger partial charge is 0.270 e. The molecule has 0 unspecified atom stereocenters. The number of thiazole rings is 1. The summed E-state index contributed by atoms with van der Waals surface area (Å²) in [5.41, 5.74) is 3.46. The molecule has 1 N–H and O–H groups in total. The van der Waals surface area contributed by atoms with Crippen LogP contribution in [0, 0.1) is 6.57 Å². The molecule has 0 atom stereocenters. The summed E-state index contributed by atoms with van der Waals surface area (Å²) in [7, 11) is 1.55. The van der Waals surface area contributed by atoms with E-state index < -0.39 is 5.91 Å². The molecular formula is C25H15ClN6O2S. The van der Waals surface area contributed by atoms with Crippen molar-refractivity contribution < 1.29 is 9.53 Å². The molecule has 170 valence electrons. The van der Waals surface area contributed by atoms with Gasteiger partial charge in [0.1, 0.15) is 11.9 Å². The van der Waals surface area contributed by atoms with Gasteiger partial charge in [0.25, 0.3) is 11.7 Å². The molecule has 0 fully saturated rings. The maximum absolute atomic E-state index is 13.2. The molecule has 2 aromatic carbocycles. The second-order valence-corrected chi connectivity index (χ2v) is 8.68. The first kappa shape index (κ1) is 22.4. The second kappa shape index (κ2) is 9.46. The van der Waals surface area contributed by atoms with Gasteiger partial charge in [-0.2, -0.15) is 4.98 Å². The largest absolute Gasteiger partial charge is 0.496 e. The Labute approximate surface area is 209 Å². The minimum atomic E-state index is -0.424. The highest BCUT2D eigenvalue weighted by atomic mass is 35.5. The Morgan fingerprint density at radius 2 is 1.86 bits per heavy atom. The molecule has 8 nitrogen and oxygen atoms in total. The zero-order chi connectivity index (χ0) is 24.4. The van der Waals surface area contributed by atoms with Crippen LogP contribution in [0.25, 0.3) is 37.7 Å². The number of benzene rings is 2. The molecule has 1 amide bonds. The van der Waals surface area contributed by atoms with Crippen LogP contribution in [-0.2, 0) is 0 Å². The predicted octanol–water partition coefficient (Wildman–Crippen LogP) is 6.28. The van der Waals surface area contributed by atoms with Crippen LogP contribution >= 0.6 is 22.9 Å². The van der Waals surface area contributed by atoms with Gasteiger partial charge in [-0.15, -0.1) is 4.98 Å². The molecule has 0 saturated carbocycles. The van der Waals surface area contributed by atoms with Crippen LogP contribution in [0.15, 0.2) is 67.0 Å². The van der Waals surface area contributed by atoms with E-state index in [4.69, 9.17) is 22.9 Å². The number of pyridine rings is 1. The first-order chi connectivity index (χ1) is 17.1. The average Bonchev–Trinajstić information content (AvgIpc) is 3.30. The molecule has 35 heavy (non-hydrogen) atoms. The van der Waals surface area contributed by atoms with Crippen molar-refractivity contribution in [3.05, 3.63) is 89.0 Å². The number of carbonyl (C=O) groups excluding carboxylic acids is 1. The van der Waals surface area contributed by atoms with Gasteiger partial charge < -0.3 is 9.58 Å². The number of hydrogen-bond donors (Lipinski definition) is 1. The van der Waals surface area contributed by atoms with Crippen LogP contribution in [0.3, 0.4) is 0 Å². The molecule has 3 heterocycles. The highest BCUT2D eigenvalue weighted by Crippen LogP contribution is 2.34. The standard InChI is InChI=1S/C25H15ClN6O2S/c1-27-21-11-17(16-5-3-4-6-20(16)34-2)18(12-28-21)23(33)32-25-31-22-24(35-25)30-19(13-29-22)14-7-9-15(26)10-8-14/h3-13H,2H3,(H,29,31,32,33). The molecule has 0 aliphatic heterocycles. The van der Waals surface area contributed by atoms with Gasteiger partial charge in [-0.05, 0) is 29.8 Å². The summed E-state index contributed by atoms with van der Waals surface area (Å²) in [6, 6.07) is 16.1. The summed E-state index contributed by atoms with van der Waals surface area (Å²) >= 11 is 7.18. The number of rotatable bonds is 5. The van der Waals surface area contributed by atoms with Crippen molar-refractivity contribution in [2.45, 2.75) is 0 Å². The quantitative estimate of drug-likeness (QED) is 0.286. The molecule has 10 heteroatoms. The van der Waals surface area contributed by atoms with Gasteiger partial charge in [-0.25, -0.2) is 9.97 Å². The minimum Gasteiger partial charge on any atom is -0.496 e. The Morgan fingerprint density at radius 1 is 1.06 bits per heavy atom. The van der Waals surface area contributed by atoms with Crippen LogP contribution in [0.1, 0.15) is 10.4 Å². The lowest BCUT2D eigenvalue weighted by molar-refractivity contribution is 0.102. The van der Waals surface area contributed by atoms with Gasteiger partial charge in [0.2, 0.25) is 0 Å². The van der Waals surface area contributed by atoms with E-state index in [0.717, 1.165) is 5.56 Å². The maximum atomic E-state index is 13.2. The van der Waals surface area contributed by atoms with Crippen molar-refractivity contribution in [2.75, 3.05) is 12.4 Å². The second-order valence-electron chi connectivity index (χ2n) is 7.26. The highest BCUT2D eigenvalue weighted by molar-refractivity contribution is 7.21. The number of hydrogen-bond acceptors (Lipinski definition) is 7. The van der Waals surface area contributed by atoms with E-state index in [9.17, 15) is 4.79 Å². The third kappa shape index (κ3) is 4.53. The predicted molar refractivity (Wildman–Crippen MR) is 136 cm³/mol. The molecule has 0 aliphatic carbocycles. The molecule has 0 bridgehead atoms. The number of amides is 1. The number of fused-ring (bicyclic) bond motifs is 1. The summed E-state index contributed by atoms with van der Waals surface area (Å²) in [6.45, 7) is 7.31. The first-order valence-electron chi connectivity index (χ1n) is 10.3. The van der Waals surface area contributed by atoms with Crippen molar-refractivity contribution in [2.24, 2.45) is 0 Å². The molecule has 0 saturated heterocycles. The zero-order valence-corrected chi connectivity index (χ0v) is 19.8. The molecule has 0 aliphatic rings. The van der Waals surface area contributed by atoms with E-state index in [1.54, 1.807) is 37.6 Å². The molecule has 5 rings (SSSR count). The van der Waals surface area contributed by atoms with Crippen molar-refractivity contribution in [3.8, 4) is 28.1 Å². The Morgan fingerprint density at radius 3 is 2.63 bits per heavy atom. The fourth-order valence-corrected chi connectivity index (χ4v) is 4.39. The van der Waals surface area contributed by atoms with Crippen molar-refractivity contribution >= 4 is 50.3 Å². The normalized spacial score (nSPS) is 10.7. The lowest BCUT2D eigenvalue weighted by Gasteiger charge is -2.12. The molecular weight excluding hydrogens is 484 g/mol. The Kier molecular flexibility index (Phi) is 6.06. The van der Waals surface area contributed by atoms with Crippen LogP contribution in [-0.4, -0.2) is 33.0 Å². The van der Waals surface area contributed by atoms with Gasteiger partial charge in [0, 0.05) is 16.1 Å². The van der Waals surface area contributed by atoms with Crippen LogP contribution < -0.4 is 10.1 Å². The van der Waals surface area contributed by atoms with E-state index in [-0.39, 0.29) is 11.4 Å². The highest BCUT2D eigenvalue weighted by Gasteiger charge is 2.20. The number of para-hydroxylation sites is 1. The number of ether oxygens (including phenoxy) is 1. The molecule has 5 aromatic rings. The maximum Gasteiger partial charge on any atom is 0.270 e. The lowest BCUT2D eigenvalue weighted by atomic mass is 10.00. The van der Waals surface area contributed by atoms with Crippen LogP contribution in [0.4, 0.5) is 10.9 Å². The van der Waals surface area contributed by atoms with Crippen molar-refractivity contribution in [1.29, 1.82) is 0 Å². The third-order valence-corrected chi connectivity index (χ3v) is 6.24. The Balaban J connectivity index is 1.48. The number of methoxy groups -OCH3 is 1. The summed E-state index contributed by atoms with van der Waals surface area (Å²) in [5.74, 6) is 0.323. The number of anilines is 1. The van der Waals surface area contributed by atoms with E-state index in [2.05, 4.69) is 30.1 Å². The fourth-order valence-electron chi connectivity index (χ4n) is 3.48. The van der Waals surface area contributed by atoms with Crippen LogP contribution in [0.5, 0.6) is 5.75 Å². The van der Waals surface area contributed by atoms with Crippen LogP contribution in [0.2, 0.25) is 5.02 Å². The summed E-state index contributed by atoms with van der Waals surface area (Å²) in [6.07, 6.45) is 3.01. The topological polar surface area (TPSA) is 94.2 Å². The third-order valence-electron chi connectivity index (χ3n) is 5.13. The minimum absolute atomic E-state index is 0.172. The van der Waals surface area contributed by atoms with Gasteiger partial charge in [0.05, 0.1) is 24.6 Å². The van der Waals surface area contributed by atoms with Gasteiger partial charge in [-0.1, -0.05) is 59.8 Å². The fraction of sp³-hybridized carbons (Fsp3) is 0.0400. The van der Waals surface area contributed by atoms with E-state index >= 15 is 0 Å². The Bertz CT molecular complexity index is 1610. The first-order valence-corrected chi connectivity index (χ1v) is 11.5. The van der Waals surface area contributed by atoms with E-state index in [1.165, 1.54) is 17.5 Å². The number of halogens is 1. The number of nitrogens with zero attached hydrogens (tertiary/aromatic N) is 5. The van der Waals surface area contributed by atoms with Gasteiger partial charge in [0.15, 0.2) is 15.6 Å². The van der Waals surface area contributed by atoms with E-state index in [0.29, 0.717) is 43.2 Å².